The third kappa shape index (κ3) is 4.08. The average Bonchev–Trinajstić information content (AvgIpc) is 3.41. The number of piperazine rings is 1. The van der Waals surface area contributed by atoms with Crippen LogP contribution in [0.15, 0.2) is 66.7 Å². The summed E-state index contributed by atoms with van der Waals surface area (Å²) in [6, 6.07) is 20.4. The summed E-state index contributed by atoms with van der Waals surface area (Å²) in [4.78, 5) is 26.1. The van der Waals surface area contributed by atoms with Crippen LogP contribution in [0.1, 0.15) is 5.56 Å². The van der Waals surface area contributed by atoms with Gasteiger partial charge in [-0.25, -0.2) is 14.8 Å². The molecule has 1 N–H and O–H groups in total. The minimum Gasteiger partial charge on any atom is -0.507 e. The highest BCUT2D eigenvalue weighted by molar-refractivity contribution is 5.91. The average molecular weight is 485 g/mol. The van der Waals surface area contributed by atoms with Crippen LogP contribution in [0.5, 0.6) is 17.2 Å². The Hall–Kier alpha value is -4.53. The summed E-state index contributed by atoms with van der Waals surface area (Å²) in [6.07, 6.45) is -0.367. The molecular weight excluding hydrogens is 460 g/mol. The molecule has 3 heterocycles. The molecule has 0 bridgehead atoms. The van der Waals surface area contributed by atoms with E-state index in [-0.39, 0.29) is 25.2 Å². The van der Waals surface area contributed by atoms with E-state index in [1.165, 1.54) is 0 Å². The Bertz CT molecular complexity index is 1440. The van der Waals surface area contributed by atoms with Crippen LogP contribution in [0.4, 0.5) is 10.6 Å². The molecule has 9 heteroatoms. The summed E-state index contributed by atoms with van der Waals surface area (Å²) in [7, 11) is 0. The second kappa shape index (κ2) is 9.26. The highest BCUT2D eigenvalue weighted by atomic mass is 16.7. The van der Waals surface area contributed by atoms with E-state index in [9.17, 15) is 9.90 Å². The number of fused-ring (bicyclic) bond motifs is 2. The molecule has 0 radical (unpaired) electrons. The molecule has 0 unspecified atom stereocenters. The van der Waals surface area contributed by atoms with Gasteiger partial charge in [0, 0.05) is 37.1 Å². The molecule has 9 nitrogen and oxygen atoms in total. The first kappa shape index (κ1) is 22.0. The number of carbonyl (C=O) groups is 1. The van der Waals surface area contributed by atoms with E-state index < -0.39 is 0 Å². The lowest BCUT2D eigenvalue weighted by atomic mass is 10.1. The van der Waals surface area contributed by atoms with Gasteiger partial charge in [0.15, 0.2) is 17.3 Å². The van der Waals surface area contributed by atoms with E-state index in [1.54, 1.807) is 23.1 Å². The number of nitrogens with zero attached hydrogens (tertiary/aromatic N) is 4. The van der Waals surface area contributed by atoms with Gasteiger partial charge < -0.3 is 29.1 Å². The van der Waals surface area contributed by atoms with Crippen molar-refractivity contribution in [2.75, 3.05) is 37.9 Å². The molecule has 1 fully saturated rings. The normalized spacial score (nSPS) is 14.8. The molecule has 6 rings (SSSR count). The Morgan fingerprint density at radius 3 is 2.58 bits per heavy atom. The van der Waals surface area contributed by atoms with Gasteiger partial charge in [-0.1, -0.05) is 36.4 Å². The maximum absolute atomic E-state index is 12.8. The summed E-state index contributed by atoms with van der Waals surface area (Å²) in [5.41, 5.74) is 2.15. The van der Waals surface area contributed by atoms with Crippen molar-refractivity contribution in [3.8, 4) is 28.6 Å². The number of hydrogen-bond donors (Lipinski definition) is 1. The first-order chi connectivity index (χ1) is 17.7. The number of carbonyl (C=O) groups excluding carboxylic acids is 1. The van der Waals surface area contributed by atoms with Crippen molar-refractivity contribution in [2.45, 2.75) is 6.61 Å². The lowest BCUT2D eigenvalue weighted by molar-refractivity contribution is 0.0931. The van der Waals surface area contributed by atoms with Crippen molar-refractivity contribution in [1.29, 1.82) is 0 Å². The Morgan fingerprint density at radius 2 is 1.72 bits per heavy atom. The van der Waals surface area contributed by atoms with Crippen molar-refractivity contribution in [3.05, 3.63) is 72.3 Å². The predicted octanol–water partition coefficient (Wildman–Crippen LogP) is 4.19. The molecular formula is C27H24N4O5. The number of aromatic nitrogens is 2. The molecule has 1 aromatic heterocycles. The van der Waals surface area contributed by atoms with Crippen LogP contribution in [-0.4, -0.2) is 59.0 Å². The fraction of sp³-hybridized carbons (Fsp3) is 0.222. The summed E-state index contributed by atoms with van der Waals surface area (Å²) in [6.45, 7) is 2.46. The van der Waals surface area contributed by atoms with Crippen molar-refractivity contribution in [3.63, 3.8) is 0 Å². The molecule has 3 aromatic carbocycles. The van der Waals surface area contributed by atoms with Gasteiger partial charge in [0.25, 0.3) is 0 Å². The molecule has 182 valence electrons. The molecule has 2 aliphatic heterocycles. The van der Waals surface area contributed by atoms with E-state index in [1.807, 2.05) is 48.5 Å². The molecule has 0 aliphatic carbocycles. The van der Waals surface area contributed by atoms with Gasteiger partial charge in [0.1, 0.15) is 18.2 Å². The monoisotopic (exact) mass is 484 g/mol. The summed E-state index contributed by atoms with van der Waals surface area (Å²) < 4.78 is 16.5. The standard InChI is InChI=1S/C27H24N4O5/c32-22-10-4-2-8-20(22)25-28-21-9-3-1-7-19(21)26(29-25)30-12-14-31(15-13-30)27(33)34-16-18-6-5-11-23-24(18)36-17-35-23/h1-11,32H,12-17H2. The van der Waals surface area contributed by atoms with Gasteiger partial charge in [0.05, 0.1) is 11.1 Å². The predicted molar refractivity (Wildman–Crippen MR) is 133 cm³/mol. The van der Waals surface area contributed by atoms with Crippen LogP contribution in [0, 0.1) is 0 Å². The fourth-order valence-electron chi connectivity index (χ4n) is 4.52. The third-order valence-corrected chi connectivity index (χ3v) is 6.39. The maximum Gasteiger partial charge on any atom is 0.410 e. The second-order valence-electron chi connectivity index (χ2n) is 8.58. The number of benzene rings is 3. The van der Waals surface area contributed by atoms with E-state index >= 15 is 0 Å². The quantitative estimate of drug-likeness (QED) is 0.461. The second-order valence-corrected chi connectivity index (χ2v) is 8.58. The van der Waals surface area contributed by atoms with Crippen LogP contribution < -0.4 is 14.4 Å². The van der Waals surface area contributed by atoms with Gasteiger partial charge in [-0.3, -0.25) is 0 Å². The number of phenols is 1. The Morgan fingerprint density at radius 1 is 0.917 bits per heavy atom. The zero-order valence-electron chi connectivity index (χ0n) is 19.5. The Kier molecular flexibility index (Phi) is 5.65. The van der Waals surface area contributed by atoms with Gasteiger partial charge in [-0.2, -0.15) is 0 Å². The van der Waals surface area contributed by atoms with Crippen LogP contribution >= 0.6 is 0 Å². The zero-order valence-corrected chi connectivity index (χ0v) is 19.5. The van der Waals surface area contributed by atoms with E-state index in [0.717, 1.165) is 22.3 Å². The summed E-state index contributed by atoms with van der Waals surface area (Å²) in [5.74, 6) is 2.67. The molecule has 0 saturated carbocycles. The molecule has 0 atom stereocenters. The number of anilines is 1. The highest BCUT2D eigenvalue weighted by Crippen LogP contribution is 2.36. The number of phenolic OH excluding ortho intramolecular Hbond substituents is 1. The molecule has 4 aromatic rings. The highest BCUT2D eigenvalue weighted by Gasteiger charge is 2.26. The van der Waals surface area contributed by atoms with Crippen LogP contribution in [0.2, 0.25) is 0 Å². The molecule has 2 aliphatic rings. The lowest BCUT2D eigenvalue weighted by Crippen LogP contribution is -2.49. The van der Waals surface area contributed by atoms with Crippen LogP contribution in [-0.2, 0) is 11.3 Å². The first-order valence-electron chi connectivity index (χ1n) is 11.8. The van der Waals surface area contributed by atoms with Crippen LogP contribution in [0.25, 0.3) is 22.3 Å². The maximum atomic E-state index is 12.8. The van der Waals surface area contributed by atoms with Crippen molar-refractivity contribution in [1.82, 2.24) is 14.9 Å². The smallest absolute Gasteiger partial charge is 0.410 e. The topological polar surface area (TPSA) is 97.3 Å². The SMILES string of the molecule is O=C(OCc1cccc2c1OCO2)N1CCN(c2nc(-c3ccccc3O)nc3ccccc23)CC1. The van der Waals surface area contributed by atoms with Gasteiger partial charge in [0.2, 0.25) is 6.79 Å². The number of hydrogen-bond acceptors (Lipinski definition) is 8. The fourth-order valence-corrected chi connectivity index (χ4v) is 4.52. The van der Waals surface area contributed by atoms with Gasteiger partial charge in [-0.05, 0) is 30.3 Å². The molecule has 36 heavy (non-hydrogen) atoms. The van der Waals surface area contributed by atoms with Gasteiger partial charge >= 0.3 is 6.09 Å². The number of rotatable bonds is 4. The van der Waals surface area contributed by atoms with E-state index in [4.69, 9.17) is 19.2 Å². The van der Waals surface area contributed by atoms with Crippen molar-refractivity contribution < 1.29 is 24.1 Å². The molecule has 0 spiro atoms. The number of ether oxygens (including phenoxy) is 3. The largest absolute Gasteiger partial charge is 0.507 e. The number of para-hydroxylation sites is 3. The first-order valence-corrected chi connectivity index (χ1v) is 11.8. The Balaban J connectivity index is 1.17. The lowest BCUT2D eigenvalue weighted by Gasteiger charge is -2.35. The molecule has 1 amide bonds. The zero-order chi connectivity index (χ0) is 24.5. The molecule has 1 saturated heterocycles. The van der Waals surface area contributed by atoms with Gasteiger partial charge in [-0.15, -0.1) is 0 Å². The van der Waals surface area contributed by atoms with Crippen molar-refractivity contribution >= 4 is 22.8 Å². The van der Waals surface area contributed by atoms with E-state index in [0.29, 0.717) is 49.1 Å². The minimum atomic E-state index is -0.367. The minimum absolute atomic E-state index is 0.117. The Labute approximate surface area is 207 Å². The summed E-state index contributed by atoms with van der Waals surface area (Å²) in [5, 5.41) is 11.3. The number of amides is 1. The van der Waals surface area contributed by atoms with Crippen molar-refractivity contribution in [2.24, 2.45) is 0 Å². The summed E-state index contributed by atoms with van der Waals surface area (Å²) >= 11 is 0. The number of aromatic hydroxyl groups is 1. The van der Waals surface area contributed by atoms with Crippen LogP contribution in [0.3, 0.4) is 0 Å². The third-order valence-electron chi connectivity index (χ3n) is 6.39. The van der Waals surface area contributed by atoms with E-state index in [2.05, 4.69) is 9.88 Å².